The standard InChI is InChI=1S/C31H30ClFN6O4/c1-6-21(41)37-12-17(5)38-18(13-37)14-43-28-23-29(35-26(24(28)33)22-19(32)8-7-9-20(22)40)39(31(42)36-30(23)38)27-16(4)10-11-34-25(27)15(2)3/h6-11,15,17-18,40H,1,12-14H2,2-5H3. The van der Waals surface area contributed by atoms with Gasteiger partial charge in [0.2, 0.25) is 5.91 Å². The maximum Gasteiger partial charge on any atom is 0.355 e. The molecule has 2 aliphatic rings. The topological polar surface area (TPSA) is 114 Å². The summed E-state index contributed by atoms with van der Waals surface area (Å²) in [6.45, 7) is 11.8. The van der Waals surface area contributed by atoms with Gasteiger partial charge in [0.15, 0.2) is 17.2 Å². The third-order valence-electron chi connectivity index (χ3n) is 7.99. The molecule has 1 fully saturated rings. The molecule has 1 saturated heterocycles. The molecule has 2 unspecified atom stereocenters. The van der Waals surface area contributed by atoms with E-state index in [0.29, 0.717) is 17.9 Å². The van der Waals surface area contributed by atoms with Crippen LogP contribution in [0.25, 0.3) is 28.0 Å². The van der Waals surface area contributed by atoms with E-state index in [1.54, 1.807) is 17.2 Å². The minimum atomic E-state index is -0.859. The number of carbonyl (C=O) groups excluding carboxylic acids is 1. The molecule has 0 saturated carbocycles. The fourth-order valence-electron chi connectivity index (χ4n) is 6.09. The maximum absolute atomic E-state index is 16.6. The highest BCUT2D eigenvalue weighted by molar-refractivity contribution is 6.33. The van der Waals surface area contributed by atoms with Crippen LogP contribution in [0.3, 0.4) is 0 Å². The first-order valence-corrected chi connectivity index (χ1v) is 14.3. The number of benzene rings is 1. The summed E-state index contributed by atoms with van der Waals surface area (Å²) in [5, 5.41) is 11.0. The molecule has 2 aliphatic heterocycles. The predicted octanol–water partition coefficient (Wildman–Crippen LogP) is 4.76. The van der Waals surface area contributed by atoms with E-state index in [0.717, 1.165) is 5.56 Å². The first-order chi connectivity index (χ1) is 20.5. The molecule has 10 nitrogen and oxygen atoms in total. The number of anilines is 1. The van der Waals surface area contributed by atoms with Crippen LogP contribution < -0.4 is 15.3 Å². The Bertz CT molecular complexity index is 1860. The Labute approximate surface area is 252 Å². The summed E-state index contributed by atoms with van der Waals surface area (Å²) in [5.74, 6) is -1.42. The van der Waals surface area contributed by atoms with E-state index < -0.39 is 17.5 Å². The third-order valence-corrected chi connectivity index (χ3v) is 8.31. The lowest BCUT2D eigenvalue weighted by atomic mass is 10.0. The molecule has 6 rings (SSSR count). The van der Waals surface area contributed by atoms with Gasteiger partial charge in [-0.25, -0.2) is 18.7 Å². The van der Waals surface area contributed by atoms with Crippen molar-refractivity contribution in [2.24, 2.45) is 0 Å². The number of hydrogen-bond donors (Lipinski definition) is 1. The van der Waals surface area contributed by atoms with Crippen molar-refractivity contribution >= 4 is 34.4 Å². The van der Waals surface area contributed by atoms with Gasteiger partial charge in [-0.3, -0.25) is 9.78 Å². The number of phenols is 1. The van der Waals surface area contributed by atoms with Gasteiger partial charge in [-0.15, -0.1) is 0 Å². The molecule has 1 N–H and O–H groups in total. The largest absolute Gasteiger partial charge is 0.507 e. The fraction of sp³-hybridized carbons (Fsp3) is 0.323. The number of fused-ring (bicyclic) bond motifs is 2. The average Bonchev–Trinajstić information content (AvgIpc) is 3.13. The number of ether oxygens (including phenoxy) is 1. The minimum absolute atomic E-state index is 0.0110. The highest BCUT2D eigenvalue weighted by atomic mass is 35.5. The number of pyridine rings is 2. The molecule has 0 bridgehead atoms. The van der Waals surface area contributed by atoms with Crippen LogP contribution in [0.2, 0.25) is 5.02 Å². The zero-order chi connectivity index (χ0) is 30.7. The van der Waals surface area contributed by atoms with E-state index in [9.17, 15) is 14.7 Å². The number of carbonyl (C=O) groups is 1. The lowest BCUT2D eigenvalue weighted by molar-refractivity contribution is -0.127. The van der Waals surface area contributed by atoms with Crippen molar-refractivity contribution < 1.29 is 19.0 Å². The number of rotatable bonds is 4. The Balaban J connectivity index is 1.73. The SMILES string of the molecule is C=CC(=O)N1CC(C)N2c3nc(=O)n(-c4c(C)ccnc4C(C)C)c4nc(-c5c(O)cccc5Cl)c(F)c(c34)OCC2C1. The molecule has 1 amide bonds. The van der Waals surface area contributed by atoms with Crippen molar-refractivity contribution in [1.82, 2.24) is 24.4 Å². The average molecular weight is 605 g/mol. The molecule has 12 heteroatoms. The minimum Gasteiger partial charge on any atom is -0.507 e. The first kappa shape index (κ1) is 28.6. The second-order valence-corrected chi connectivity index (χ2v) is 11.6. The van der Waals surface area contributed by atoms with Crippen LogP contribution in [0.4, 0.5) is 10.2 Å². The third kappa shape index (κ3) is 4.50. The smallest absolute Gasteiger partial charge is 0.355 e. The number of phenolic OH excluding ortho intramolecular Hbond substituents is 1. The van der Waals surface area contributed by atoms with Gasteiger partial charge in [0.1, 0.15) is 29.3 Å². The Morgan fingerprint density at radius 1 is 1.26 bits per heavy atom. The zero-order valence-corrected chi connectivity index (χ0v) is 24.9. The lowest BCUT2D eigenvalue weighted by Crippen LogP contribution is -2.61. The Morgan fingerprint density at radius 3 is 2.72 bits per heavy atom. The van der Waals surface area contributed by atoms with E-state index >= 15 is 4.39 Å². The molecule has 0 radical (unpaired) electrons. The zero-order valence-electron chi connectivity index (χ0n) is 24.1. The number of piperazine rings is 1. The van der Waals surface area contributed by atoms with Crippen LogP contribution in [-0.4, -0.2) is 67.2 Å². The summed E-state index contributed by atoms with van der Waals surface area (Å²) in [6.07, 6.45) is 2.92. The second-order valence-electron chi connectivity index (χ2n) is 11.2. The van der Waals surface area contributed by atoms with Crippen LogP contribution in [0.15, 0.2) is 47.9 Å². The molecule has 0 aliphatic carbocycles. The number of hydrogen-bond acceptors (Lipinski definition) is 8. The summed E-state index contributed by atoms with van der Waals surface area (Å²) < 4.78 is 24.1. The number of halogens is 2. The molecule has 2 atom stereocenters. The lowest BCUT2D eigenvalue weighted by Gasteiger charge is -2.45. The fourth-order valence-corrected chi connectivity index (χ4v) is 6.35. The summed E-state index contributed by atoms with van der Waals surface area (Å²) in [7, 11) is 0. The van der Waals surface area contributed by atoms with Crippen LogP contribution in [-0.2, 0) is 4.79 Å². The highest BCUT2D eigenvalue weighted by Gasteiger charge is 2.41. The first-order valence-electron chi connectivity index (χ1n) is 14.0. The van der Waals surface area contributed by atoms with Gasteiger partial charge in [-0.2, -0.15) is 4.98 Å². The van der Waals surface area contributed by atoms with Gasteiger partial charge in [-0.05, 0) is 49.6 Å². The number of nitrogens with zero attached hydrogens (tertiary/aromatic N) is 6. The van der Waals surface area contributed by atoms with Crippen LogP contribution in [0.1, 0.15) is 37.9 Å². The molecular weight excluding hydrogens is 575 g/mol. The number of aromatic hydroxyl groups is 1. The molecular formula is C31H30ClFN6O4. The van der Waals surface area contributed by atoms with Crippen LogP contribution in [0.5, 0.6) is 11.5 Å². The molecule has 43 heavy (non-hydrogen) atoms. The molecule has 5 heterocycles. The Hall–Kier alpha value is -4.51. The van der Waals surface area contributed by atoms with Gasteiger partial charge in [0.25, 0.3) is 0 Å². The van der Waals surface area contributed by atoms with Gasteiger partial charge >= 0.3 is 5.69 Å². The van der Waals surface area contributed by atoms with Crippen molar-refractivity contribution in [2.75, 3.05) is 24.6 Å². The van der Waals surface area contributed by atoms with Crippen molar-refractivity contribution in [3.8, 4) is 28.4 Å². The monoisotopic (exact) mass is 604 g/mol. The van der Waals surface area contributed by atoms with E-state index in [2.05, 4.69) is 16.5 Å². The molecule has 3 aromatic heterocycles. The van der Waals surface area contributed by atoms with E-state index in [-0.39, 0.29) is 75.6 Å². The summed E-state index contributed by atoms with van der Waals surface area (Å²) in [5.41, 5.74) is 0.979. The predicted molar refractivity (Wildman–Crippen MR) is 162 cm³/mol. The number of aromatic nitrogens is 4. The van der Waals surface area contributed by atoms with Crippen molar-refractivity contribution in [1.29, 1.82) is 0 Å². The Morgan fingerprint density at radius 2 is 2.02 bits per heavy atom. The van der Waals surface area contributed by atoms with E-state index in [4.69, 9.17) is 21.3 Å². The summed E-state index contributed by atoms with van der Waals surface area (Å²) >= 11 is 6.47. The molecule has 222 valence electrons. The van der Waals surface area contributed by atoms with Crippen molar-refractivity contribution in [3.05, 3.63) is 75.7 Å². The van der Waals surface area contributed by atoms with E-state index in [1.807, 2.05) is 32.6 Å². The number of amides is 1. The van der Waals surface area contributed by atoms with E-state index in [1.165, 1.54) is 28.8 Å². The van der Waals surface area contributed by atoms with Gasteiger partial charge in [0, 0.05) is 25.3 Å². The maximum atomic E-state index is 16.6. The highest BCUT2D eigenvalue weighted by Crippen LogP contribution is 2.45. The normalized spacial score (nSPS) is 17.9. The van der Waals surface area contributed by atoms with Gasteiger partial charge in [0.05, 0.1) is 28.0 Å². The summed E-state index contributed by atoms with van der Waals surface area (Å²) in [4.78, 5) is 44.0. The number of aryl methyl sites for hydroxylation is 1. The van der Waals surface area contributed by atoms with Crippen LogP contribution >= 0.6 is 11.6 Å². The van der Waals surface area contributed by atoms with Gasteiger partial charge in [-0.1, -0.05) is 38.1 Å². The molecule has 4 aromatic rings. The Kier molecular flexibility index (Phi) is 7.08. The summed E-state index contributed by atoms with van der Waals surface area (Å²) in [6, 6.07) is 5.46. The molecule has 1 aromatic carbocycles. The quantitative estimate of drug-likeness (QED) is 0.332. The molecule has 0 spiro atoms. The van der Waals surface area contributed by atoms with Crippen molar-refractivity contribution in [3.63, 3.8) is 0 Å². The van der Waals surface area contributed by atoms with Crippen molar-refractivity contribution in [2.45, 2.75) is 45.7 Å². The second kappa shape index (κ2) is 10.6. The van der Waals surface area contributed by atoms with Gasteiger partial charge < -0.3 is 19.6 Å². The van der Waals surface area contributed by atoms with Crippen LogP contribution in [0, 0.1) is 12.7 Å².